The van der Waals surface area contributed by atoms with Gasteiger partial charge in [-0.05, 0) is 18.8 Å². The van der Waals surface area contributed by atoms with E-state index in [2.05, 4.69) is 0 Å². The Bertz CT molecular complexity index is 222. The molecule has 1 saturated carbocycles. The molecule has 66 valence electrons. The lowest BCUT2D eigenvalue weighted by Gasteiger charge is -2.21. The van der Waals surface area contributed by atoms with Gasteiger partial charge in [0.1, 0.15) is 5.78 Å². The summed E-state index contributed by atoms with van der Waals surface area (Å²) < 4.78 is 4.97. The Labute approximate surface area is 71.1 Å². The van der Waals surface area contributed by atoms with Gasteiger partial charge in [0.2, 0.25) is 0 Å². The summed E-state index contributed by atoms with van der Waals surface area (Å²) in [7, 11) is 0. The van der Waals surface area contributed by atoms with Crippen molar-refractivity contribution in [2.24, 2.45) is 11.8 Å². The first kappa shape index (κ1) is 7.77. The number of carbonyl (C=O) groups is 2. The molecule has 12 heavy (non-hydrogen) atoms. The fourth-order valence-electron chi connectivity index (χ4n) is 2.09. The Morgan fingerprint density at radius 1 is 1.25 bits per heavy atom. The minimum absolute atomic E-state index is 0.126. The van der Waals surface area contributed by atoms with Gasteiger partial charge in [0, 0.05) is 12.8 Å². The van der Waals surface area contributed by atoms with Crippen LogP contribution in [0.2, 0.25) is 0 Å². The SMILES string of the molecule is O=C1CC2CCOC(=O)C(C1)C2. The van der Waals surface area contributed by atoms with Crippen molar-refractivity contribution in [2.45, 2.75) is 25.7 Å². The van der Waals surface area contributed by atoms with Gasteiger partial charge >= 0.3 is 5.97 Å². The fourth-order valence-corrected chi connectivity index (χ4v) is 2.09. The molecule has 2 fully saturated rings. The van der Waals surface area contributed by atoms with Crippen LogP contribution in [0.4, 0.5) is 0 Å². The van der Waals surface area contributed by atoms with Crippen molar-refractivity contribution >= 4 is 11.8 Å². The van der Waals surface area contributed by atoms with Gasteiger partial charge in [0.15, 0.2) is 0 Å². The van der Waals surface area contributed by atoms with Gasteiger partial charge in [-0.1, -0.05) is 0 Å². The van der Waals surface area contributed by atoms with E-state index in [1.54, 1.807) is 0 Å². The van der Waals surface area contributed by atoms with Crippen molar-refractivity contribution < 1.29 is 14.3 Å². The summed E-state index contributed by atoms with van der Waals surface area (Å²) in [5.74, 6) is 0.349. The molecule has 2 bridgehead atoms. The summed E-state index contributed by atoms with van der Waals surface area (Å²) in [6.45, 7) is 0.507. The lowest BCUT2D eigenvalue weighted by Crippen LogP contribution is -2.26. The average Bonchev–Trinajstić information content (AvgIpc) is 2.13. The van der Waals surface area contributed by atoms with E-state index in [9.17, 15) is 9.59 Å². The molecule has 2 unspecified atom stereocenters. The van der Waals surface area contributed by atoms with Crippen molar-refractivity contribution in [3.05, 3.63) is 0 Å². The lowest BCUT2D eigenvalue weighted by molar-refractivity contribution is -0.149. The van der Waals surface area contributed by atoms with E-state index in [4.69, 9.17) is 4.74 Å². The van der Waals surface area contributed by atoms with Crippen LogP contribution in [0.5, 0.6) is 0 Å². The normalized spacial score (nSPS) is 35.7. The molecule has 2 rings (SSSR count). The van der Waals surface area contributed by atoms with Crippen molar-refractivity contribution in [2.75, 3.05) is 6.61 Å². The fraction of sp³-hybridized carbons (Fsp3) is 0.778. The van der Waals surface area contributed by atoms with Crippen LogP contribution in [-0.4, -0.2) is 18.4 Å². The zero-order valence-electron chi connectivity index (χ0n) is 6.91. The molecule has 1 aliphatic carbocycles. The molecule has 1 aliphatic heterocycles. The molecule has 3 nitrogen and oxygen atoms in total. The number of Topliss-reactive ketones (excluding diaryl/α,β-unsaturated/α-hetero) is 1. The van der Waals surface area contributed by atoms with Crippen molar-refractivity contribution in [3.63, 3.8) is 0 Å². The predicted octanol–water partition coefficient (Wildman–Crippen LogP) is 0.919. The summed E-state index contributed by atoms with van der Waals surface area (Å²) in [5, 5.41) is 0. The summed E-state index contributed by atoms with van der Waals surface area (Å²) in [6, 6.07) is 0. The van der Waals surface area contributed by atoms with Gasteiger partial charge in [-0.3, -0.25) is 9.59 Å². The van der Waals surface area contributed by atoms with E-state index in [1.807, 2.05) is 0 Å². The minimum atomic E-state index is -0.162. The van der Waals surface area contributed by atoms with Crippen molar-refractivity contribution in [1.29, 1.82) is 0 Å². The second-order valence-corrected chi connectivity index (χ2v) is 3.70. The van der Waals surface area contributed by atoms with Gasteiger partial charge in [-0.2, -0.15) is 0 Å². The number of rotatable bonds is 0. The molecule has 0 spiro atoms. The number of ketones is 1. The Balaban J connectivity index is 2.15. The molecular weight excluding hydrogens is 156 g/mol. The molecule has 1 saturated heterocycles. The number of hydrogen-bond donors (Lipinski definition) is 0. The molecule has 0 aromatic rings. The number of fused-ring (bicyclic) bond motifs is 2. The third-order valence-electron chi connectivity index (χ3n) is 2.71. The largest absolute Gasteiger partial charge is 0.465 e. The summed E-state index contributed by atoms with van der Waals surface area (Å²) in [5.41, 5.74) is 0. The highest BCUT2D eigenvalue weighted by Gasteiger charge is 2.34. The molecular formula is C9H12O3. The van der Waals surface area contributed by atoms with E-state index in [1.165, 1.54) is 0 Å². The number of carbonyl (C=O) groups excluding carboxylic acids is 2. The summed E-state index contributed by atoms with van der Waals surface area (Å²) in [4.78, 5) is 22.4. The van der Waals surface area contributed by atoms with Gasteiger partial charge < -0.3 is 4.74 Å². The second-order valence-electron chi connectivity index (χ2n) is 3.70. The lowest BCUT2D eigenvalue weighted by atomic mass is 9.80. The molecule has 2 atom stereocenters. The Morgan fingerprint density at radius 2 is 2.08 bits per heavy atom. The first-order valence-corrected chi connectivity index (χ1v) is 4.44. The quantitative estimate of drug-likeness (QED) is 0.505. The van der Waals surface area contributed by atoms with E-state index in [0.29, 0.717) is 25.4 Å². The zero-order valence-corrected chi connectivity index (χ0v) is 6.91. The molecule has 0 aromatic heterocycles. The molecule has 1 heterocycles. The first-order valence-electron chi connectivity index (χ1n) is 4.44. The van der Waals surface area contributed by atoms with E-state index < -0.39 is 0 Å². The van der Waals surface area contributed by atoms with Gasteiger partial charge in [-0.15, -0.1) is 0 Å². The molecule has 0 radical (unpaired) electrons. The summed E-state index contributed by atoms with van der Waals surface area (Å²) >= 11 is 0. The highest BCUT2D eigenvalue weighted by atomic mass is 16.5. The van der Waals surface area contributed by atoms with Gasteiger partial charge in [0.05, 0.1) is 12.5 Å². The van der Waals surface area contributed by atoms with Crippen LogP contribution in [0, 0.1) is 11.8 Å². The third-order valence-corrected chi connectivity index (χ3v) is 2.71. The van der Waals surface area contributed by atoms with E-state index in [-0.39, 0.29) is 17.7 Å². The van der Waals surface area contributed by atoms with Gasteiger partial charge in [-0.25, -0.2) is 0 Å². The van der Waals surface area contributed by atoms with Crippen LogP contribution < -0.4 is 0 Å². The molecule has 2 aliphatic rings. The Hall–Kier alpha value is -0.860. The second kappa shape index (κ2) is 2.88. The van der Waals surface area contributed by atoms with E-state index >= 15 is 0 Å². The number of hydrogen-bond acceptors (Lipinski definition) is 3. The first-order chi connectivity index (χ1) is 5.75. The molecule has 3 heteroatoms. The third kappa shape index (κ3) is 1.36. The number of esters is 1. The smallest absolute Gasteiger partial charge is 0.309 e. The monoisotopic (exact) mass is 168 g/mol. The predicted molar refractivity (Wildman–Crippen MR) is 41.4 cm³/mol. The zero-order chi connectivity index (χ0) is 8.55. The van der Waals surface area contributed by atoms with Crippen LogP contribution in [0.3, 0.4) is 0 Å². The maximum Gasteiger partial charge on any atom is 0.309 e. The highest BCUT2D eigenvalue weighted by molar-refractivity contribution is 5.86. The van der Waals surface area contributed by atoms with Crippen molar-refractivity contribution in [1.82, 2.24) is 0 Å². The molecule has 0 aromatic carbocycles. The van der Waals surface area contributed by atoms with Crippen LogP contribution >= 0.6 is 0 Å². The molecule has 0 amide bonds. The van der Waals surface area contributed by atoms with Crippen LogP contribution in [0.1, 0.15) is 25.7 Å². The number of cyclic esters (lactones) is 1. The maximum atomic E-state index is 11.2. The van der Waals surface area contributed by atoms with Crippen LogP contribution in [0.15, 0.2) is 0 Å². The standard InChI is InChI=1S/C9H12O3/c10-8-4-6-1-2-12-9(11)7(3-6)5-8/h6-7H,1-5H2. The highest BCUT2D eigenvalue weighted by Crippen LogP contribution is 2.32. The van der Waals surface area contributed by atoms with Crippen LogP contribution in [0.25, 0.3) is 0 Å². The Morgan fingerprint density at radius 3 is 2.92 bits per heavy atom. The van der Waals surface area contributed by atoms with Crippen molar-refractivity contribution in [3.8, 4) is 0 Å². The summed E-state index contributed by atoms with van der Waals surface area (Å²) in [6.07, 6.45) is 2.81. The maximum absolute atomic E-state index is 11.2. The van der Waals surface area contributed by atoms with E-state index in [0.717, 1.165) is 12.8 Å². The molecule has 0 N–H and O–H groups in total. The van der Waals surface area contributed by atoms with Gasteiger partial charge in [0.25, 0.3) is 0 Å². The topological polar surface area (TPSA) is 43.4 Å². The van der Waals surface area contributed by atoms with Crippen LogP contribution in [-0.2, 0) is 14.3 Å². The average molecular weight is 168 g/mol. The number of ether oxygens (including phenoxy) is 1. The minimum Gasteiger partial charge on any atom is -0.465 e. The Kier molecular flexibility index (Phi) is 1.87.